The first kappa shape index (κ1) is 39.2. The minimum Gasteiger partial charge on any atom is -0.309 e. The Morgan fingerprint density at radius 2 is 0.892 bits per heavy atom. The van der Waals surface area contributed by atoms with E-state index in [1.807, 2.05) is 48.5 Å². The van der Waals surface area contributed by atoms with Crippen LogP contribution in [0.4, 0.5) is 34.1 Å². The maximum Gasteiger partial charge on any atom is 0.101 e. The highest BCUT2D eigenvalue weighted by atomic mass is 15.1. The number of para-hydroxylation sites is 2. The number of fused-ring (bicyclic) bond motifs is 7. The van der Waals surface area contributed by atoms with Crippen LogP contribution in [0.1, 0.15) is 47.2 Å². The number of benzene rings is 10. The van der Waals surface area contributed by atoms with Crippen LogP contribution in [0.25, 0.3) is 55.6 Å². The minimum absolute atomic E-state index is 0.315. The summed E-state index contributed by atoms with van der Waals surface area (Å²) in [5.41, 5.74) is 13.8. The van der Waals surface area contributed by atoms with Crippen LogP contribution in [0, 0.1) is 22.7 Å². The van der Waals surface area contributed by atoms with Crippen LogP contribution in [0.3, 0.4) is 0 Å². The molecule has 0 amide bonds. The molecule has 10 aromatic rings. The van der Waals surface area contributed by atoms with Crippen molar-refractivity contribution in [2.75, 3.05) is 9.80 Å². The van der Waals surface area contributed by atoms with Gasteiger partial charge in [-0.3, -0.25) is 0 Å². The van der Waals surface area contributed by atoms with E-state index in [4.69, 9.17) is 0 Å². The lowest BCUT2D eigenvalue weighted by Gasteiger charge is -2.29. The highest BCUT2D eigenvalue weighted by Crippen LogP contribution is 2.54. The molecule has 0 N–H and O–H groups in total. The van der Waals surface area contributed by atoms with Crippen LogP contribution in [0.2, 0.25) is 0 Å². The zero-order valence-electron chi connectivity index (χ0n) is 36.1. The number of rotatable bonds is 8. The lowest BCUT2D eigenvalue weighted by atomic mass is 9.81. The van der Waals surface area contributed by atoms with E-state index < -0.39 is 0 Å². The molecule has 10 aromatic carbocycles. The molecule has 0 saturated carbocycles. The normalized spacial score (nSPS) is 12.5. The molecular weight excluding hydrogens is 789 g/mol. The van der Waals surface area contributed by atoms with Crippen molar-refractivity contribution in [1.82, 2.24) is 0 Å². The molecule has 0 saturated heterocycles. The van der Waals surface area contributed by atoms with E-state index in [-0.39, 0.29) is 5.41 Å². The first-order valence-corrected chi connectivity index (χ1v) is 21.9. The van der Waals surface area contributed by atoms with E-state index in [1.54, 1.807) is 0 Å². The Labute approximate surface area is 379 Å². The summed E-state index contributed by atoms with van der Waals surface area (Å²) in [4.78, 5) is 4.40. The zero-order valence-corrected chi connectivity index (χ0v) is 36.1. The molecule has 4 heteroatoms. The fourth-order valence-electron chi connectivity index (χ4n) is 9.81. The molecule has 0 aromatic heterocycles. The lowest BCUT2D eigenvalue weighted by molar-refractivity contribution is 0.661. The monoisotopic (exact) mass is 830 g/mol. The number of hydrogen-bond acceptors (Lipinski definition) is 4. The van der Waals surface area contributed by atoms with Crippen molar-refractivity contribution in [2.45, 2.75) is 19.3 Å². The van der Waals surface area contributed by atoms with Gasteiger partial charge in [0.05, 0.1) is 22.5 Å². The molecule has 306 valence electrons. The molecule has 1 aliphatic rings. The summed E-state index contributed by atoms with van der Waals surface area (Å²) >= 11 is 0. The third-order valence-corrected chi connectivity index (χ3v) is 13.1. The van der Waals surface area contributed by atoms with Gasteiger partial charge in [-0.15, -0.1) is 0 Å². The van der Waals surface area contributed by atoms with Crippen molar-refractivity contribution >= 4 is 78.6 Å². The smallest absolute Gasteiger partial charge is 0.101 e. The number of nitrogens with zero attached hydrogens (tertiary/aromatic N) is 4. The Balaban J connectivity index is 0.971. The van der Waals surface area contributed by atoms with Gasteiger partial charge in [0.2, 0.25) is 0 Å². The second-order valence-corrected chi connectivity index (χ2v) is 17.2. The molecule has 0 atom stereocenters. The summed E-state index contributed by atoms with van der Waals surface area (Å²) < 4.78 is 0. The fourth-order valence-corrected chi connectivity index (χ4v) is 9.81. The van der Waals surface area contributed by atoms with Gasteiger partial charge in [-0.1, -0.05) is 153 Å². The average molecular weight is 831 g/mol. The van der Waals surface area contributed by atoms with Gasteiger partial charge in [0, 0.05) is 28.2 Å². The van der Waals surface area contributed by atoms with Crippen molar-refractivity contribution in [3.05, 3.63) is 240 Å². The van der Waals surface area contributed by atoms with E-state index in [0.29, 0.717) is 11.1 Å². The van der Waals surface area contributed by atoms with E-state index in [9.17, 15) is 10.5 Å². The molecule has 0 unspecified atom stereocenters. The molecule has 0 heterocycles. The molecule has 11 rings (SSSR count). The first-order chi connectivity index (χ1) is 31.9. The summed E-state index contributed by atoms with van der Waals surface area (Å²) in [5, 5.41) is 27.5. The maximum atomic E-state index is 10.3. The van der Waals surface area contributed by atoms with Crippen molar-refractivity contribution in [3.8, 4) is 23.3 Å². The molecule has 0 radical (unpaired) electrons. The molecule has 4 nitrogen and oxygen atoms in total. The summed E-state index contributed by atoms with van der Waals surface area (Å²) in [6, 6.07) is 76.8. The van der Waals surface area contributed by atoms with Gasteiger partial charge in [-0.25, -0.2) is 0 Å². The summed E-state index contributed by atoms with van der Waals surface area (Å²) in [6.45, 7) is 4.66. The number of anilines is 6. The lowest BCUT2D eigenvalue weighted by Crippen LogP contribution is -2.17. The van der Waals surface area contributed by atoms with Crippen LogP contribution < -0.4 is 9.80 Å². The molecule has 0 fully saturated rings. The van der Waals surface area contributed by atoms with Gasteiger partial charge >= 0.3 is 0 Å². The van der Waals surface area contributed by atoms with Crippen LogP contribution in [-0.4, -0.2) is 0 Å². The number of hydrogen-bond donors (Lipinski definition) is 0. The molecule has 0 spiro atoms. The maximum absolute atomic E-state index is 10.3. The highest BCUT2D eigenvalue weighted by molar-refractivity contribution is 6.07. The average Bonchev–Trinajstić information content (AvgIpc) is 3.58. The second kappa shape index (κ2) is 15.9. The van der Waals surface area contributed by atoms with Gasteiger partial charge in [0.15, 0.2) is 0 Å². The van der Waals surface area contributed by atoms with Gasteiger partial charge < -0.3 is 9.80 Å². The topological polar surface area (TPSA) is 54.1 Å². The predicted octanol–water partition coefficient (Wildman–Crippen LogP) is 16.3. The standard InChI is InChI=1S/C61H42N4/c1-61(2)56-38-52(65(59-22-12-8-18-48(59)40-63)51-32-28-43-14-4-6-16-45(43)36-51)33-34-55(56)60-54-20-10-9-19-53(54)46(37-57(60)61)26-23-41-24-29-49(30-25-41)64(58-21-11-7-17-47(58)39-62)50-31-27-42-13-3-5-15-44(42)35-50/h3-38H,1-2H3/b26-23+. The van der Waals surface area contributed by atoms with Crippen LogP contribution in [0.5, 0.6) is 0 Å². The Bertz CT molecular complexity index is 3620. The quantitative estimate of drug-likeness (QED) is 0.143. The van der Waals surface area contributed by atoms with Crippen molar-refractivity contribution in [3.63, 3.8) is 0 Å². The van der Waals surface area contributed by atoms with E-state index >= 15 is 0 Å². The predicted molar refractivity (Wildman–Crippen MR) is 271 cm³/mol. The minimum atomic E-state index is -0.315. The Kier molecular flexibility index (Phi) is 9.57. The fraction of sp³-hybridized carbons (Fsp3) is 0.0492. The molecule has 1 aliphatic carbocycles. The van der Waals surface area contributed by atoms with Gasteiger partial charge in [-0.2, -0.15) is 10.5 Å². The number of nitriles is 2. The molecular formula is C61H42N4. The Hall–Kier alpha value is -8.70. The SMILES string of the molecule is CC1(C)c2cc(N(c3ccc4ccccc4c3)c3ccccc3C#N)ccc2-c2c1cc(/C=C/c1ccc(N(c3ccc4ccccc4c3)c3ccccc3C#N)cc1)c1ccccc21. The van der Waals surface area contributed by atoms with Crippen molar-refractivity contribution < 1.29 is 0 Å². The Morgan fingerprint density at radius 3 is 1.49 bits per heavy atom. The largest absolute Gasteiger partial charge is 0.309 e. The van der Waals surface area contributed by atoms with Crippen LogP contribution in [0.15, 0.2) is 206 Å². The first-order valence-electron chi connectivity index (χ1n) is 21.9. The van der Waals surface area contributed by atoms with E-state index in [1.165, 1.54) is 43.8 Å². The Morgan fingerprint density at radius 1 is 0.415 bits per heavy atom. The molecule has 65 heavy (non-hydrogen) atoms. The van der Waals surface area contributed by atoms with E-state index in [0.717, 1.165) is 56.0 Å². The van der Waals surface area contributed by atoms with Gasteiger partial charge in [0.25, 0.3) is 0 Å². The van der Waals surface area contributed by atoms with Crippen molar-refractivity contribution in [1.29, 1.82) is 10.5 Å². The molecule has 0 bridgehead atoms. The summed E-state index contributed by atoms with van der Waals surface area (Å²) in [7, 11) is 0. The second-order valence-electron chi connectivity index (χ2n) is 17.2. The zero-order chi connectivity index (χ0) is 44.1. The van der Waals surface area contributed by atoms with Crippen molar-refractivity contribution in [2.24, 2.45) is 0 Å². The summed E-state index contributed by atoms with van der Waals surface area (Å²) in [6.07, 6.45) is 4.44. The third kappa shape index (κ3) is 6.77. The van der Waals surface area contributed by atoms with Crippen LogP contribution >= 0.6 is 0 Å². The van der Waals surface area contributed by atoms with E-state index in [2.05, 4.69) is 206 Å². The third-order valence-electron chi connectivity index (χ3n) is 13.1. The highest BCUT2D eigenvalue weighted by Gasteiger charge is 2.38. The molecule has 0 aliphatic heterocycles. The van der Waals surface area contributed by atoms with Gasteiger partial charge in [-0.05, 0) is 145 Å². The summed E-state index contributed by atoms with van der Waals surface area (Å²) in [5.74, 6) is 0. The van der Waals surface area contributed by atoms with Gasteiger partial charge in [0.1, 0.15) is 12.1 Å². The van der Waals surface area contributed by atoms with Crippen LogP contribution in [-0.2, 0) is 5.41 Å².